The molecule has 2 heterocycles. The van der Waals surface area contributed by atoms with E-state index in [0.717, 1.165) is 0 Å². The van der Waals surface area contributed by atoms with Crippen molar-refractivity contribution in [2.45, 2.75) is 37.8 Å². The number of fused-ring (bicyclic) bond motifs is 2. The highest BCUT2D eigenvalue weighted by molar-refractivity contribution is 5.88. The predicted octanol–water partition coefficient (Wildman–Crippen LogP) is -0.376. The first-order valence-corrected chi connectivity index (χ1v) is 6.19. The van der Waals surface area contributed by atoms with Crippen LogP contribution in [0, 0.1) is 11.3 Å². The van der Waals surface area contributed by atoms with Gasteiger partial charge in [-0.25, -0.2) is 9.59 Å². The van der Waals surface area contributed by atoms with E-state index in [9.17, 15) is 14.4 Å². The topological polar surface area (TPSA) is 112 Å². The van der Waals surface area contributed by atoms with Crippen LogP contribution in [0.4, 0.5) is 0 Å². The van der Waals surface area contributed by atoms with Gasteiger partial charge in [-0.3, -0.25) is 4.79 Å². The third kappa shape index (κ3) is 3.20. The van der Waals surface area contributed by atoms with Gasteiger partial charge < -0.3 is 18.9 Å². The number of nitrogens with zero attached hydrogens (tertiary/aromatic N) is 1. The normalized spacial score (nSPS) is 30.0. The van der Waals surface area contributed by atoms with Crippen molar-refractivity contribution in [2.24, 2.45) is 0 Å². The molecule has 2 bridgehead atoms. The molecule has 0 radical (unpaired) electrons. The Labute approximate surface area is 120 Å². The second kappa shape index (κ2) is 5.93. The van der Waals surface area contributed by atoms with E-state index in [1.165, 1.54) is 6.92 Å². The highest BCUT2D eigenvalue weighted by Crippen LogP contribution is 2.33. The minimum Gasteiger partial charge on any atom is -0.454 e. The monoisotopic (exact) mass is 295 g/mol. The number of nitriles is 1. The quantitative estimate of drug-likeness (QED) is 0.392. The molecule has 0 aromatic heterocycles. The van der Waals surface area contributed by atoms with E-state index in [1.807, 2.05) is 6.07 Å². The molecule has 0 spiro atoms. The van der Waals surface area contributed by atoms with Crippen molar-refractivity contribution >= 4 is 17.9 Å². The minimum absolute atomic E-state index is 0.0990. The van der Waals surface area contributed by atoms with Gasteiger partial charge in [0.2, 0.25) is 0 Å². The number of ether oxygens (including phenoxy) is 4. The van der Waals surface area contributed by atoms with E-state index in [4.69, 9.17) is 19.5 Å². The van der Waals surface area contributed by atoms with E-state index in [1.54, 1.807) is 0 Å². The Kier molecular flexibility index (Phi) is 4.23. The van der Waals surface area contributed by atoms with Crippen LogP contribution in [-0.2, 0) is 33.3 Å². The number of hydrogen-bond donors (Lipinski definition) is 0. The number of carbonyl (C=O) groups excluding carboxylic acids is 3. The van der Waals surface area contributed by atoms with E-state index in [2.05, 4.69) is 11.3 Å². The molecular weight excluding hydrogens is 282 g/mol. The third-order valence-electron chi connectivity index (χ3n) is 3.01. The molecule has 21 heavy (non-hydrogen) atoms. The average molecular weight is 295 g/mol. The minimum atomic E-state index is -0.975. The second-order valence-corrected chi connectivity index (χ2v) is 4.69. The maximum Gasteiger partial charge on any atom is 0.344 e. The smallest absolute Gasteiger partial charge is 0.344 e. The Morgan fingerprint density at radius 1 is 1.52 bits per heavy atom. The summed E-state index contributed by atoms with van der Waals surface area (Å²) in [5.41, 5.74) is 0.155. The van der Waals surface area contributed by atoms with Crippen molar-refractivity contribution in [1.82, 2.24) is 0 Å². The fourth-order valence-corrected chi connectivity index (χ4v) is 2.06. The van der Waals surface area contributed by atoms with Crippen molar-refractivity contribution in [3.8, 4) is 6.07 Å². The van der Waals surface area contributed by atoms with Crippen molar-refractivity contribution in [2.75, 3.05) is 6.61 Å². The van der Waals surface area contributed by atoms with Crippen LogP contribution in [0.5, 0.6) is 0 Å². The molecule has 8 nitrogen and oxygen atoms in total. The molecule has 2 rings (SSSR count). The van der Waals surface area contributed by atoms with Gasteiger partial charge in [0.15, 0.2) is 24.9 Å². The molecule has 0 N–H and O–H groups in total. The van der Waals surface area contributed by atoms with Gasteiger partial charge in [0.1, 0.15) is 6.10 Å². The van der Waals surface area contributed by atoms with Crippen LogP contribution in [-0.4, -0.2) is 48.9 Å². The molecule has 0 saturated carbocycles. The van der Waals surface area contributed by atoms with Crippen LogP contribution in [0.2, 0.25) is 0 Å². The SMILES string of the molecule is C=C(C)C(=O)OCC(=O)OC1C2CC(=O)OC1C(C#N)O2. The van der Waals surface area contributed by atoms with Crippen LogP contribution < -0.4 is 0 Å². The summed E-state index contributed by atoms with van der Waals surface area (Å²) < 4.78 is 20.0. The van der Waals surface area contributed by atoms with Gasteiger partial charge in [-0.2, -0.15) is 5.26 Å². The molecule has 2 saturated heterocycles. The first-order chi connectivity index (χ1) is 9.92. The zero-order valence-electron chi connectivity index (χ0n) is 11.2. The highest BCUT2D eigenvalue weighted by atomic mass is 16.7. The Hall–Kier alpha value is -2.40. The summed E-state index contributed by atoms with van der Waals surface area (Å²) in [4.78, 5) is 34.1. The van der Waals surface area contributed by atoms with Crippen molar-refractivity contribution < 1.29 is 33.3 Å². The lowest BCUT2D eigenvalue weighted by Gasteiger charge is -2.27. The van der Waals surface area contributed by atoms with Crippen LogP contribution >= 0.6 is 0 Å². The maximum absolute atomic E-state index is 11.6. The van der Waals surface area contributed by atoms with E-state index in [0.29, 0.717) is 0 Å². The fraction of sp³-hybridized carbons (Fsp3) is 0.538. The second-order valence-electron chi connectivity index (χ2n) is 4.69. The molecule has 0 aromatic carbocycles. The summed E-state index contributed by atoms with van der Waals surface area (Å²) in [6.45, 7) is 4.23. The van der Waals surface area contributed by atoms with E-state index >= 15 is 0 Å². The van der Waals surface area contributed by atoms with Crippen molar-refractivity contribution in [3.63, 3.8) is 0 Å². The number of esters is 3. The van der Waals surface area contributed by atoms with E-state index < -0.39 is 48.9 Å². The van der Waals surface area contributed by atoms with Gasteiger partial charge in [-0.1, -0.05) is 6.58 Å². The first kappa shape index (κ1) is 15.0. The van der Waals surface area contributed by atoms with Gasteiger partial charge in [0, 0.05) is 5.57 Å². The van der Waals surface area contributed by atoms with Gasteiger partial charge >= 0.3 is 17.9 Å². The van der Waals surface area contributed by atoms with Gasteiger partial charge in [-0.15, -0.1) is 0 Å². The molecule has 2 aliphatic rings. The lowest BCUT2D eigenvalue weighted by Crippen LogP contribution is -2.45. The number of rotatable bonds is 4. The number of hydrogen-bond acceptors (Lipinski definition) is 8. The molecule has 2 fully saturated rings. The fourth-order valence-electron chi connectivity index (χ4n) is 2.06. The summed E-state index contributed by atoms with van der Waals surface area (Å²) in [7, 11) is 0. The summed E-state index contributed by atoms with van der Waals surface area (Å²) in [5, 5.41) is 8.90. The molecule has 8 heteroatoms. The Bertz CT molecular complexity index is 535. The predicted molar refractivity (Wildman–Crippen MR) is 64.4 cm³/mol. The zero-order chi connectivity index (χ0) is 15.6. The summed E-state index contributed by atoms with van der Waals surface area (Å²) >= 11 is 0. The molecule has 4 unspecified atom stereocenters. The molecule has 0 aliphatic carbocycles. The third-order valence-corrected chi connectivity index (χ3v) is 3.01. The first-order valence-electron chi connectivity index (χ1n) is 6.19. The molecule has 0 amide bonds. The molecule has 2 aliphatic heterocycles. The molecular formula is C13H13NO7. The summed E-state index contributed by atoms with van der Waals surface area (Å²) in [6, 6.07) is 1.84. The Morgan fingerprint density at radius 2 is 2.24 bits per heavy atom. The molecule has 4 atom stereocenters. The summed E-state index contributed by atoms with van der Waals surface area (Å²) in [6.07, 6.45) is -3.62. The lowest BCUT2D eigenvalue weighted by atomic mass is 10.0. The molecule has 0 aromatic rings. The zero-order valence-corrected chi connectivity index (χ0v) is 11.2. The largest absolute Gasteiger partial charge is 0.454 e. The van der Waals surface area contributed by atoms with Crippen LogP contribution in [0.1, 0.15) is 13.3 Å². The van der Waals surface area contributed by atoms with Crippen molar-refractivity contribution in [3.05, 3.63) is 12.2 Å². The van der Waals surface area contributed by atoms with E-state index in [-0.39, 0.29) is 12.0 Å². The van der Waals surface area contributed by atoms with Gasteiger partial charge in [0.25, 0.3) is 0 Å². The standard InChI is InChI=1S/C13H13NO7/c1-6(2)13(17)18-5-10(16)21-11-7-3-9(15)20-12(11)8(4-14)19-7/h7-8,11-12H,1,3,5H2,2H3. The summed E-state index contributed by atoms with van der Waals surface area (Å²) in [5.74, 6) is -2.04. The number of carbonyl (C=O) groups is 3. The highest BCUT2D eigenvalue weighted by Gasteiger charge is 2.54. The van der Waals surface area contributed by atoms with Crippen LogP contribution in [0.25, 0.3) is 0 Å². The van der Waals surface area contributed by atoms with Crippen molar-refractivity contribution in [1.29, 1.82) is 5.26 Å². The van der Waals surface area contributed by atoms with Gasteiger partial charge in [-0.05, 0) is 6.92 Å². The Balaban J connectivity index is 1.92. The average Bonchev–Trinajstić information content (AvgIpc) is 2.63. The maximum atomic E-state index is 11.6. The Morgan fingerprint density at radius 3 is 2.86 bits per heavy atom. The van der Waals surface area contributed by atoms with Crippen LogP contribution in [0.3, 0.4) is 0 Å². The lowest BCUT2D eigenvalue weighted by molar-refractivity contribution is -0.178. The van der Waals surface area contributed by atoms with Crippen LogP contribution in [0.15, 0.2) is 12.2 Å². The van der Waals surface area contributed by atoms with Gasteiger partial charge in [0.05, 0.1) is 12.5 Å². The molecule has 112 valence electrons.